The first-order chi connectivity index (χ1) is 12.8. The highest BCUT2D eigenvalue weighted by atomic mass is 16.4. The molecule has 3 rings (SSSR count). The Morgan fingerprint density at radius 1 is 1.04 bits per heavy atom. The molecule has 0 saturated heterocycles. The number of aryl methyl sites for hydroxylation is 2. The summed E-state index contributed by atoms with van der Waals surface area (Å²) >= 11 is 0. The monoisotopic (exact) mass is 366 g/mol. The van der Waals surface area contributed by atoms with Crippen LogP contribution >= 0.6 is 0 Å². The van der Waals surface area contributed by atoms with E-state index in [1.54, 1.807) is 23.5 Å². The Morgan fingerprint density at radius 3 is 2.41 bits per heavy atom. The number of carbonyl (C=O) groups is 3. The molecule has 8 heteroatoms. The first-order valence-corrected chi connectivity index (χ1v) is 8.22. The van der Waals surface area contributed by atoms with E-state index in [2.05, 4.69) is 15.6 Å². The average molecular weight is 366 g/mol. The van der Waals surface area contributed by atoms with Crippen LogP contribution in [-0.4, -0.2) is 38.8 Å². The fourth-order valence-electron chi connectivity index (χ4n) is 2.70. The Bertz CT molecular complexity index is 1040. The van der Waals surface area contributed by atoms with Crippen LogP contribution in [0.15, 0.2) is 42.6 Å². The Hall–Kier alpha value is -3.68. The number of fused-ring (bicyclic) bond motifs is 1. The number of imidazole rings is 1. The molecule has 27 heavy (non-hydrogen) atoms. The van der Waals surface area contributed by atoms with E-state index in [1.165, 1.54) is 12.1 Å². The number of hydrogen-bond acceptors (Lipinski definition) is 4. The SMILES string of the molecule is Cc1ccc2nc(C)c(C(=O)Nc3ccc(C(=O)NCC(=O)O)cc3)n2c1. The molecule has 0 saturated carbocycles. The van der Waals surface area contributed by atoms with Gasteiger partial charge in [-0.15, -0.1) is 0 Å². The minimum atomic E-state index is -1.12. The second kappa shape index (κ2) is 7.28. The van der Waals surface area contributed by atoms with Gasteiger partial charge in [-0.05, 0) is 49.7 Å². The number of carboxylic acid groups (broad SMARTS) is 1. The van der Waals surface area contributed by atoms with Gasteiger partial charge in [0.1, 0.15) is 17.9 Å². The number of pyridine rings is 1. The zero-order chi connectivity index (χ0) is 19.6. The van der Waals surface area contributed by atoms with Crippen LogP contribution in [0, 0.1) is 13.8 Å². The van der Waals surface area contributed by atoms with Gasteiger partial charge in [0.2, 0.25) is 0 Å². The number of anilines is 1. The first kappa shape index (κ1) is 18.1. The molecule has 8 nitrogen and oxygen atoms in total. The number of carbonyl (C=O) groups excluding carboxylic acids is 2. The molecule has 2 amide bonds. The maximum absolute atomic E-state index is 12.7. The maximum atomic E-state index is 12.7. The summed E-state index contributed by atoms with van der Waals surface area (Å²) < 4.78 is 1.74. The molecule has 0 fully saturated rings. The molecular formula is C19H18N4O4. The van der Waals surface area contributed by atoms with E-state index in [-0.39, 0.29) is 5.91 Å². The van der Waals surface area contributed by atoms with E-state index >= 15 is 0 Å². The van der Waals surface area contributed by atoms with Crippen LogP contribution < -0.4 is 10.6 Å². The van der Waals surface area contributed by atoms with Gasteiger partial charge in [-0.1, -0.05) is 6.07 Å². The molecule has 1 aromatic carbocycles. The fraction of sp³-hybridized carbons (Fsp3) is 0.158. The van der Waals surface area contributed by atoms with Crippen molar-refractivity contribution >= 4 is 29.1 Å². The number of benzene rings is 1. The fourth-order valence-corrected chi connectivity index (χ4v) is 2.70. The van der Waals surface area contributed by atoms with Crippen LogP contribution in [0.2, 0.25) is 0 Å². The second-order valence-corrected chi connectivity index (χ2v) is 6.09. The van der Waals surface area contributed by atoms with E-state index in [0.29, 0.717) is 28.3 Å². The third-order valence-electron chi connectivity index (χ3n) is 3.96. The molecular weight excluding hydrogens is 348 g/mol. The van der Waals surface area contributed by atoms with Gasteiger partial charge in [0, 0.05) is 17.4 Å². The zero-order valence-corrected chi connectivity index (χ0v) is 14.8. The summed E-state index contributed by atoms with van der Waals surface area (Å²) in [5.41, 5.74) is 3.56. The van der Waals surface area contributed by atoms with Gasteiger partial charge < -0.3 is 15.7 Å². The van der Waals surface area contributed by atoms with Crippen molar-refractivity contribution < 1.29 is 19.5 Å². The van der Waals surface area contributed by atoms with Crippen molar-refractivity contribution in [1.29, 1.82) is 0 Å². The Labute approximate surface area is 154 Å². The highest BCUT2D eigenvalue weighted by Crippen LogP contribution is 2.16. The number of nitrogens with one attached hydrogen (secondary N) is 2. The lowest BCUT2D eigenvalue weighted by Gasteiger charge is -2.08. The van der Waals surface area contributed by atoms with Gasteiger partial charge in [0.25, 0.3) is 11.8 Å². The van der Waals surface area contributed by atoms with E-state index in [0.717, 1.165) is 5.56 Å². The molecule has 0 aliphatic heterocycles. The number of aromatic nitrogens is 2. The molecule has 0 aliphatic carbocycles. The largest absolute Gasteiger partial charge is 0.480 e. The third-order valence-corrected chi connectivity index (χ3v) is 3.96. The number of nitrogens with zero attached hydrogens (tertiary/aromatic N) is 2. The minimum absolute atomic E-state index is 0.302. The van der Waals surface area contributed by atoms with E-state index in [4.69, 9.17) is 5.11 Å². The predicted molar refractivity (Wildman–Crippen MR) is 99.0 cm³/mol. The van der Waals surface area contributed by atoms with Crippen LogP contribution in [0.25, 0.3) is 5.65 Å². The van der Waals surface area contributed by atoms with E-state index < -0.39 is 18.4 Å². The standard InChI is InChI=1S/C19H18N4O4/c1-11-3-8-15-21-12(2)17(23(15)10-11)19(27)22-14-6-4-13(5-7-14)18(26)20-9-16(24)25/h3-8,10H,9H2,1-2H3,(H,20,26)(H,22,27)(H,24,25). The van der Waals surface area contributed by atoms with Gasteiger partial charge in [-0.25, -0.2) is 4.98 Å². The maximum Gasteiger partial charge on any atom is 0.322 e. The summed E-state index contributed by atoms with van der Waals surface area (Å²) in [5.74, 6) is -1.93. The summed E-state index contributed by atoms with van der Waals surface area (Å²) in [7, 11) is 0. The van der Waals surface area contributed by atoms with Crippen LogP contribution in [0.5, 0.6) is 0 Å². The molecule has 3 aromatic rings. The quantitative estimate of drug-likeness (QED) is 0.639. The predicted octanol–water partition coefficient (Wildman–Crippen LogP) is 2.02. The number of amides is 2. The summed E-state index contributed by atoms with van der Waals surface area (Å²) in [4.78, 5) is 39.4. The third kappa shape index (κ3) is 3.95. The van der Waals surface area contributed by atoms with Crippen molar-refractivity contribution in [3.63, 3.8) is 0 Å². The highest BCUT2D eigenvalue weighted by Gasteiger charge is 2.17. The summed E-state index contributed by atoms with van der Waals surface area (Å²) in [6, 6.07) is 9.96. The van der Waals surface area contributed by atoms with Crippen molar-refractivity contribution in [2.75, 3.05) is 11.9 Å². The molecule has 138 valence electrons. The molecule has 0 radical (unpaired) electrons. The molecule has 0 aliphatic rings. The minimum Gasteiger partial charge on any atom is -0.480 e. The van der Waals surface area contributed by atoms with Crippen LogP contribution in [0.4, 0.5) is 5.69 Å². The second-order valence-electron chi connectivity index (χ2n) is 6.09. The van der Waals surface area contributed by atoms with Gasteiger partial charge in [0.05, 0.1) is 5.69 Å². The molecule has 2 aromatic heterocycles. The van der Waals surface area contributed by atoms with E-state index in [9.17, 15) is 14.4 Å². The topological polar surface area (TPSA) is 113 Å². The molecule has 0 bridgehead atoms. The lowest BCUT2D eigenvalue weighted by atomic mass is 10.2. The Balaban J connectivity index is 1.77. The summed E-state index contributed by atoms with van der Waals surface area (Å²) in [5, 5.41) is 13.7. The number of aliphatic carboxylic acids is 1. The molecule has 2 heterocycles. The number of rotatable bonds is 5. The van der Waals surface area contributed by atoms with Crippen LogP contribution in [0.1, 0.15) is 32.1 Å². The molecule has 0 spiro atoms. The number of carboxylic acids is 1. The summed E-state index contributed by atoms with van der Waals surface area (Å²) in [6.07, 6.45) is 1.85. The van der Waals surface area contributed by atoms with Crippen molar-refractivity contribution in [3.05, 3.63) is 65.1 Å². The first-order valence-electron chi connectivity index (χ1n) is 8.22. The normalized spacial score (nSPS) is 10.6. The summed E-state index contributed by atoms with van der Waals surface area (Å²) in [6.45, 7) is 3.25. The van der Waals surface area contributed by atoms with Gasteiger partial charge >= 0.3 is 5.97 Å². The average Bonchev–Trinajstić information content (AvgIpc) is 2.95. The smallest absolute Gasteiger partial charge is 0.322 e. The van der Waals surface area contributed by atoms with Crippen molar-refractivity contribution in [2.24, 2.45) is 0 Å². The molecule has 0 unspecified atom stereocenters. The lowest BCUT2D eigenvalue weighted by molar-refractivity contribution is -0.135. The van der Waals surface area contributed by atoms with Gasteiger partial charge in [-0.3, -0.25) is 18.8 Å². The zero-order valence-electron chi connectivity index (χ0n) is 14.8. The Kier molecular flexibility index (Phi) is 4.89. The Morgan fingerprint density at radius 2 is 1.74 bits per heavy atom. The van der Waals surface area contributed by atoms with Crippen LogP contribution in [-0.2, 0) is 4.79 Å². The molecule has 0 atom stereocenters. The van der Waals surface area contributed by atoms with E-state index in [1.807, 2.05) is 25.3 Å². The molecule has 3 N–H and O–H groups in total. The van der Waals surface area contributed by atoms with Crippen molar-refractivity contribution in [2.45, 2.75) is 13.8 Å². The highest BCUT2D eigenvalue weighted by molar-refractivity contribution is 6.05. The van der Waals surface area contributed by atoms with Crippen molar-refractivity contribution in [1.82, 2.24) is 14.7 Å². The number of hydrogen-bond donors (Lipinski definition) is 3. The lowest BCUT2D eigenvalue weighted by Crippen LogP contribution is -2.29. The van der Waals surface area contributed by atoms with Crippen molar-refractivity contribution in [3.8, 4) is 0 Å². The van der Waals surface area contributed by atoms with Gasteiger partial charge in [-0.2, -0.15) is 0 Å². The van der Waals surface area contributed by atoms with Gasteiger partial charge in [0.15, 0.2) is 0 Å². The van der Waals surface area contributed by atoms with Crippen LogP contribution in [0.3, 0.4) is 0 Å².